The average molecular weight is 246 g/mol. The third-order valence-corrected chi connectivity index (χ3v) is 2.27. The average Bonchev–Trinajstić information content (AvgIpc) is 2.15. The molecule has 0 saturated carbocycles. The van der Waals surface area contributed by atoms with E-state index in [4.69, 9.17) is 15.9 Å². The highest BCUT2D eigenvalue weighted by Gasteiger charge is 2.31. The van der Waals surface area contributed by atoms with Crippen molar-refractivity contribution < 1.29 is 24.6 Å². The summed E-state index contributed by atoms with van der Waals surface area (Å²) in [5, 5.41) is 19.4. The van der Waals surface area contributed by atoms with Crippen LogP contribution in [0.2, 0.25) is 0 Å². The van der Waals surface area contributed by atoms with Crippen LogP contribution in [0.25, 0.3) is 0 Å². The van der Waals surface area contributed by atoms with Crippen molar-refractivity contribution in [1.29, 1.82) is 0 Å². The maximum absolute atomic E-state index is 11.7. The smallest absolute Gasteiger partial charge is 0.326 e. The Morgan fingerprint density at radius 3 is 2.24 bits per heavy atom. The van der Waals surface area contributed by atoms with E-state index in [0.717, 1.165) is 0 Å². The Balaban J connectivity index is 4.60. The van der Waals surface area contributed by atoms with Crippen LogP contribution < -0.4 is 11.1 Å². The van der Waals surface area contributed by atoms with Gasteiger partial charge in [0.05, 0.1) is 12.0 Å². The largest absolute Gasteiger partial charge is 0.481 e. The first-order valence-corrected chi connectivity index (χ1v) is 5.25. The number of hydrogen-bond donors (Lipinski definition) is 4. The summed E-state index contributed by atoms with van der Waals surface area (Å²) in [4.78, 5) is 32.8. The SMILES string of the molecule is CCCC(C)(N)C(=O)NC(CC(=O)O)C(=O)O. The topological polar surface area (TPSA) is 130 Å². The molecule has 17 heavy (non-hydrogen) atoms. The molecule has 98 valence electrons. The summed E-state index contributed by atoms with van der Waals surface area (Å²) in [5.41, 5.74) is 4.50. The van der Waals surface area contributed by atoms with Crippen LogP contribution in [0.3, 0.4) is 0 Å². The van der Waals surface area contributed by atoms with Crippen molar-refractivity contribution in [3.05, 3.63) is 0 Å². The van der Waals surface area contributed by atoms with E-state index in [1.54, 1.807) is 0 Å². The zero-order chi connectivity index (χ0) is 13.6. The van der Waals surface area contributed by atoms with Gasteiger partial charge in [0.2, 0.25) is 5.91 Å². The molecule has 5 N–H and O–H groups in total. The van der Waals surface area contributed by atoms with Crippen molar-refractivity contribution in [3.63, 3.8) is 0 Å². The van der Waals surface area contributed by atoms with Crippen molar-refractivity contribution in [3.8, 4) is 0 Å². The number of carboxylic acids is 2. The number of nitrogens with two attached hydrogens (primary N) is 1. The van der Waals surface area contributed by atoms with Gasteiger partial charge < -0.3 is 21.3 Å². The molecular weight excluding hydrogens is 228 g/mol. The predicted octanol–water partition coefficient (Wildman–Crippen LogP) is -0.452. The molecule has 2 unspecified atom stereocenters. The molecule has 0 radical (unpaired) electrons. The number of amides is 1. The van der Waals surface area contributed by atoms with Crippen LogP contribution in [-0.2, 0) is 14.4 Å². The van der Waals surface area contributed by atoms with Crippen molar-refractivity contribution in [2.75, 3.05) is 0 Å². The van der Waals surface area contributed by atoms with Gasteiger partial charge in [0.1, 0.15) is 6.04 Å². The van der Waals surface area contributed by atoms with E-state index in [9.17, 15) is 14.4 Å². The molecule has 0 aromatic rings. The lowest BCUT2D eigenvalue weighted by atomic mass is 9.96. The lowest BCUT2D eigenvalue weighted by Crippen LogP contribution is -2.56. The molecular formula is C10H18N2O5. The Kier molecular flexibility index (Phi) is 5.60. The first kappa shape index (κ1) is 15.4. The van der Waals surface area contributed by atoms with Crippen molar-refractivity contribution >= 4 is 17.8 Å². The normalized spacial score (nSPS) is 15.7. The summed E-state index contributed by atoms with van der Waals surface area (Å²) in [5.74, 6) is -3.35. The molecule has 0 aliphatic heterocycles. The molecule has 0 aromatic heterocycles. The predicted molar refractivity (Wildman–Crippen MR) is 59.3 cm³/mol. The molecule has 0 saturated heterocycles. The Hall–Kier alpha value is -1.63. The van der Waals surface area contributed by atoms with E-state index < -0.39 is 35.8 Å². The van der Waals surface area contributed by atoms with E-state index in [-0.39, 0.29) is 0 Å². The van der Waals surface area contributed by atoms with Crippen LogP contribution in [0.5, 0.6) is 0 Å². The van der Waals surface area contributed by atoms with Crippen molar-refractivity contribution in [1.82, 2.24) is 5.32 Å². The summed E-state index contributed by atoms with van der Waals surface area (Å²) in [7, 11) is 0. The van der Waals surface area contributed by atoms with Gasteiger partial charge in [-0.05, 0) is 13.3 Å². The zero-order valence-corrected chi connectivity index (χ0v) is 9.90. The molecule has 0 aromatic carbocycles. The fourth-order valence-electron chi connectivity index (χ4n) is 1.33. The Morgan fingerprint density at radius 1 is 1.35 bits per heavy atom. The van der Waals surface area contributed by atoms with Crippen LogP contribution in [0.15, 0.2) is 0 Å². The number of hydrogen-bond acceptors (Lipinski definition) is 4. The van der Waals surface area contributed by atoms with E-state index in [1.807, 2.05) is 6.92 Å². The van der Waals surface area contributed by atoms with E-state index >= 15 is 0 Å². The third kappa shape index (κ3) is 5.30. The van der Waals surface area contributed by atoms with Gasteiger partial charge in [-0.25, -0.2) is 4.79 Å². The molecule has 7 nitrogen and oxygen atoms in total. The lowest BCUT2D eigenvalue weighted by Gasteiger charge is -2.24. The molecule has 7 heteroatoms. The third-order valence-electron chi connectivity index (χ3n) is 2.27. The second kappa shape index (κ2) is 6.19. The minimum atomic E-state index is -1.46. The number of carbonyl (C=O) groups excluding carboxylic acids is 1. The summed E-state index contributed by atoms with van der Waals surface area (Å²) >= 11 is 0. The van der Waals surface area contributed by atoms with Crippen molar-refractivity contribution in [2.45, 2.75) is 44.7 Å². The number of nitrogens with one attached hydrogen (secondary N) is 1. The van der Waals surface area contributed by atoms with E-state index in [2.05, 4.69) is 5.32 Å². The van der Waals surface area contributed by atoms with Gasteiger partial charge in [-0.1, -0.05) is 13.3 Å². The van der Waals surface area contributed by atoms with Crippen LogP contribution in [0.1, 0.15) is 33.1 Å². The zero-order valence-electron chi connectivity index (χ0n) is 9.90. The van der Waals surface area contributed by atoms with Crippen LogP contribution >= 0.6 is 0 Å². The van der Waals surface area contributed by atoms with Gasteiger partial charge in [-0.2, -0.15) is 0 Å². The lowest BCUT2D eigenvalue weighted by molar-refractivity contribution is -0.147. The molecule has 0 rings (SSSR count). The molecule has 2 atom stereocenters. The van der Waals surface area contributed by atoms with Gasteiger partial charge in [0.25, 0.3) is 0 Å². The maximum atomic E-state index is 11.7. The molecule has 0 fully saturated rings. The Bertz CT molecular complexity index is 314. The highest BCUT2D eigenvalue weighted by atomic mass is 16.4. The van der Waals surface area contributed by atoms with E-state index in [0.29, 0.717) is 12.8 Å². The summed E-state index contributed by atoms with van der Waals surface area (Å²) in [6.45, 7) is 3.32. The van der Waals surface area contributed by atoms with Gasteiger partial charge in [-0.15, -0.1) is 0 Å². The van der Waals surface area contributed by atoms with Crippen LogP contribution in [0, 0.1) is 0 Å². The minimum Gasteiger partial charge on any atom is -0.481 e. The molecule has 0 heterocycles. The quantitative estimate of drug-likeness (QED) is 0.481. The molecule has 1 amide bonds. The fourth-order valence-corrected chi connectivity index (χ4v) is 1.33. The molecule has 0 bridgehead atoms. The highest BCUT2D eigenvalue weighted by Crippen LogP contribution is 2.09. The standard InChI is InChI=1S/C10H18N2O5/c1-3-4-10(2,11)9(17)12-6(8(15)16)5-7(13)14/h6H,3-5,11H2,1-2H3,(H,12,17)(H,13,14)(H,15,16). The Morgan fingerprint density at radius 2 is 1.88 bits per heavy atom. The van der Waals surface area contributed by atoms with Crippen LogP contribution in [-0.4, -0.2) is 39.6 Å². The van der Waals surface area contributed by atoms with Gasteiger partial charge in [0.15, 0.2) is 0 Å². The monoisotopic (exact) mass is 246 g/mol. The molecule has 0 aliphatic carbocycles. The van der Waals surface area contributed by atoms with Gasteiger partial charge >= 0.3 is 11.9 Å². The maximum Gasteiger partial charge on any atom is 0.326 e. The highest BCUT2D eigenvalue weighted by molar-refractivity contribution is 5.91. The van der Waals surface area contributed by atoms with Gasteiger partial charge in [-0.3, -0.25) is 9.59 Å². The number of aliphatic carboxylic acids is 2. The van der Waals surface area contributed by atoms with E-state index in [1.165, 1.54) is 6.92 Å². The van der Waals surface area contributed by atoms with Gasteiger partial charge in [0, 0.05) is 0 Å². The first-order valence-electron chi connectivity index (χ1n) is 5.25. The summed E-state index contributed by atoms with van der Waals surface area (Å²) < 4.78 is 0. The summed E-state index contributed by atoms with van der Waals surface area (Å²) in [6.07, 6.45) is 0.374. The second-order valence-corrected chi connectivity index (χ2v) is 4.13. The van der Waals surface area contributed by atoms with Crippen LogP contribution in [0.4, 0.5) is 0 Å². The van der Waals surface area contributed by atoms with Crippen molar-refractivity contribution in [2.24, 2.45) is 5.73 Å². The fraction of sp³-hybridized carbons (Fsp3) is 0.700. The number of rotatable bonds is 7. The summed E-state index contributed by atoms with van der Waals surface area (Å²) in [6, 6.07) is -1.46. The molecule has 0 aliphatic rings. The second-order valence-electron chi connectivity index (χ2n) is 4.13. The molecule has 0 spiro atoms. The first-order chi connectivity index (χ1) is 7.70. The Labute approximate surface area is 99.0 Å². The number of carbonyl (C=O) groups is 3. The minimum absolute atomic E-state index is 0.387. The number of carboxylic acid groups (broad SMARTS) is 2.